The van der Waals surface area contributed by atoms with Crippen molar-refractivity contribution in [2.75, 3.05) is 6.61 Å². The Labute approximate surface area is 163 Å². The number of halogens is 1. The molecule has 0 bridgehead atoms. The molecule has 0 unspecified atom stereocenters. The molecule has 1 amide bonds. The Morgan fingerprint density at radius 1 is 1.35 bits per heavy atom. The average molecular weight is 469 g/mol. The fourth-order valence-corrected chi connectivity index (χ4v) is 3.21. The summed E-state index contributed by atoms with van der Waals surface area (Å²) in [5, 5.41) is 24.0. The van der Waals surface area contributed by atoms with E-state index in [4.69, 9.17) is 4.74 Å². The zero-order chi connectivity index (χ0) is 19.3. The van der Waals surface area contributed by atoms with Crippen molar-refractivity contribution < 1.29 is 19.6 Å². The predicted octanol–water partition coefficient (Wildman–Crippen LogP) is 3.05. The van der Waals surface area contributed by atoms with Gasteiger partial charge in [0.15, 0.2) is 6.61 Å². The van der Waals surface area contributed by atoms with Crippen molar-refractivity contribution in [2.24, 2.45) is 5.10 Å². The van der Waals surface area contributed by atoms with Gasteiger partial charge in [0.2, 0.25) is 0 Å². The van der Waals surface area contributed by atoms with Gasteiger partial charge in [-0.3, -0.25) is 14.9 Å². The molecule has 0 atom stereocenters. The molecule has 0 fully saturated rings. The van der Waals surface area contributed by atoms with E-state index < -0.39 is 10.8 Å². The van der Waals surface area contributed by atoms with E-state index in [9.17, 15) is 20.0 Å². The Balaban J connectivity index is 1.99. The number of hydrogen-bond acceptors (Lipinski definition) is 6. The van der Waals surface area contributed by atoms with Crippen LogP contribution in [-0.2, 0) is 4.79 Å². The Morgan fingerprint density at radius 3 is 2.62 bits per heavy atom. The van der Waals surface area contributed by atoms with E-state index in [1.807, 2.05) is 26.0 Å². The van der Waals surface area contributed by atoms with Gasteiger partial charge in [-0.15, -0.1) is 0 Å². The van der Waals surface area contributed by atoms with E-state index in [1.165, 1.54) is 12.1 Å². The second kappa shape index (κ2) is 8.61. The number of nitro benzene ring substituents is 1. The number of benzene rings is 2. The molecule has 0 aliphatic rings. The van der Waals surface area contributed by atoms with Crippen LogP contribution in [0.5, 0.6) is 11.5 Å². The van der Waals surface area contributed by atoms with E-state index in [2.05, 4.69) is 33.1 Å². The molecule has 136 valence electrons. The molecule has 2 aromatic rings. The Hall–Kier alpha value is -2.69. The van der Waals surface area contributed by atoms with Gasteiger partial charge in [-0.1, -0.05) is 0 Å². The number of ether oxygens (including phenoxy) is 1. The Kier molecular flexibility index (Phi) is 6.50. The minimum atomic E-state index is -0.603. The number of carbonyl (C=O) groups is 1. The first kappa shape index (κ1) is 19.6. The Bertz CT molecular complexity index is 860. The van der Waals surface area contributed by atoms with Crippen molar-refractivity contribution in [1.29, 1.82) is 0 Å². The van der Waals surface area contributed by atoms with Crippen molar-refractivity contribution in [3.63, 3.8) is 0 Å². The zero-order valence-corrected chi connectivity index (χ0v) is 16.2. The standard InChI is InChI=1S/C17H16IN3O5/c1-10-5-13(18)6-11(2)17(10)26-9-16(23)20-19-8-12-7-14(22)3-4-15(12)21(24)25/h3-8,22H,9H2,1-2H3,(H,20,23)/b19-8+. The molecule has 2 rings (SSSR count). The third kappa shape index (κ3) is 5.15. The normalized spacial score (nSPS) is 10.7. The van der Waals surface area contributed by atoms with Crippen molar-refractivity contribution in [2.45, 2.75) is 13.8 Å². The number of hydrogen-bond donors (Lipinski definition) is 2. The molecule has 0 saturated heterocycles. The number of carbonyl (C=O) groups excluding carboxylic acids is 1. The highest BCUT2D eigenvalue weighted by atomic mass is 127. The SMILES string of the molecule is Cc1cc(I)cc(C)c1OCC(=O)N/N=C/c1cc(O)ccc1[N+](=O)[O-]. The van der Waals surface area contributed by atoms with Crippen LogP contribution < -0.4 is 10.2 Å². The molecule has 2 N–H and O–H groups in total. The molecule has 26 heavy (non-hydrogen) atoms. The zero-order valence-electron chi connectivity index (χ0n) is 14.0. The van der Waals surface area contributed by atoms with Crippen LogP contribution in [0.2, 0.25) is 0 Å². The van der Waals surface area contributed by atoms with Crippen LogP contribution in [0.25, 0.3) is 0 Å². The molecular formula is C17H16IN3O5. The number of nitrogens with zero attached hydrogens (tertiary/aromatic N) is 2. The summed E-state index contributed by atoms with van der Waals surface area (Å²) >= 11 is 2.20. The largest absolute Gasteiger partial charge is 0.508 e. The highest BCUT2D eigenvalue weighted by Crippen LogP contribution is 2.25. The number of nitrogens with one attached hydrogen (secondary N) is 1. The highest BCUT2D eigenvalue weighted by molar-refractivity contribution is 14.1. The first-order chi connectivity index (χ1) is 12.3. The summed E-state index contributed by atoms with van der Waals surface area (Å²) < 4.78 is 6.61. The van der Waals surface area contributed by atoms with E-state index in [0.717, 1.165) is 27.0 Å². The quantitative estimate of drug-likeness (QED) is 0.292. The number of hydrazone groups is 1. The summed E-state index contributed by atoms with van der Waals surface area (Å²) in [6.07, 6.45) is 1.09. The molecule has 0 saturated carbocycles. The number of amides is 1. The lowest BCUT2D eigenvalue weighted by Crippen LogP contribution is -2.25. The second-order valence-corrected chi connectivity index (χ2v) is 6.70. The van der Waals surface area contributed by atoms with Crippen LogP contribution in [0, 0.1) is 27.5 Å². The van der Waals surface area contributed by atoms with Gasteiger partial charge in [0.1, 0.15) is 11.5 Å². The number of aromatic hydroxyl groups is 1. The van der Waals surface area contributed by atoms with Crippen molar-refractivity contribution in [3.8, 4) is 11.5 Å². The van der Waals surface area contributed by atoms with Crippen LogP contribution in [0.1, 0.15) is 16.7 Å². The van der Waals surface area contributed by atoms with Gasteiger partial charge in [0, 0.05) is 9.64 Å². The number of phenolic OH excluding ortho intramolecular Hbond substituents is 1. The molecule has 0 spiro atoms. The van der Waals surface area contributed by atoms with E-state index in [1.54, 1.807) is 0 Å². The number of rotatable bonds is 6. The summed E-state index contributed by atoms with van der Waals surface area (Å²) in [4.78, 5) is 22.2. The Morgan fingerprint density at radius 2 is 2.00 bits per heavy atom. The molecule has 0 heterocycles. The molecule has 0 aliphatic carbocycles. The first-order valence-corrected chi connectivity index (χ1v) is 8.54. The molecule has 0 radical (unpaired) electrons. The third-order valence-corrected chi connectivity index (χ3v) is 4.00. The molecule has 0 aromatic heterocycles. The fourth-order valence-electron chi connectivity index (χ4n) is 2.28. The minimum absolute atomic E-state index is 0.0699. The van der Waals surface area contributed by atoms with E-state index in [0.29, 0.717) is 5.75 Å². The van der Waals surface area contributed by atoms with Crippen LogP contribution >= 0.6 is 22.6 Å². The van der Waals surface area contributed by atoms with E-state index in [-0.39, 0.29) is 23.6 Å². The lowest BCUT2D eigenvalue weighted by atomic mass is 10.1. The van der Waals surface area contributed by atoms with Gasteiger partial charge in [-0.2, -0.15) is 5.10 Å². The summed E-state index contributed by atoms with van der Waals surface area (Å²) in [6.45, 7) is 3.53. The molecule has 9 heteroatoms. The predicted molar refractivity (Wildman–Crippen MR) is 105 cm³/mol. The van der Waals surface area contributed by atoms with Crippen LogP contribution in [-0.4, -0.2) is 28.8 Å². The van der Waals surface area contributed by atoms with Crippen molar-refractivity contribution in [3.05, 3.63) is 60.7 Å². The van der Waals surface area contributed by atoms with Crippen LogP contribution in [0.15, 0.2) is 35.4 Å². The van der Waals surface area contributed by atoms with Crippen LogP contribution in [0.4, 0.5) is 5.69 Å². The molecular weight excluding hydrogens is 453 g/mol. The third-order valence-electron chi connectivity index (χ3n) is 3.37. The minimum Gasteiger partial charge on any atom is -0.508 e. The van der Waals surface area contributed by atoms with Gasteiger partial charge in [-0.25, -0.2) is 5.43 Å². The molecule has 8 nitrogen and oxygen atoms in total. The topological polar surface area (TPSA) is 114 Å². The van der Waals surface area contributed by atoms with Crippen LogP contribution in [0.3, 0.4) is 0 Å². The number of aryl methyl sites for hydroxylation is 2. The summed E-state index contributed by atoms with van der Waals surface area (Å²) in [5.74, 6) is -0.0223. The maximum absolute atomic E-state index is 11.8. The number of phenols is 1. The fraction of sp³-hybridized carbons (Fsp3) is 0.176. The lowest BCUT2D eigenvalue weighted by molar-refractivity contribution is -0.385. The second-order valence-electron chi connectivity index (χ2n) is 5.45. The summed E-state index contributed by atoms with van der Waals surface area (Å²) in [6, 6.07) is 7.43. The molecule has 2 aromatic carbocycles. The monoisotopic (exact) mass is 469 g/mol. The molecule has 0 aliphatic heterocycles. The van der Waals surface area contributed by atoms with E-state index >= 15 is 0 Å². The maximum atomic E-state index is 11.8. The highest BCUT2D eigenvalue weighted by Gasteiger charge is 2.13. The average Bonchev–Trinajstić information content (AvgIpc) is 2.53. The van der Waals surface area contributed by atoms with Gasteiger partial charge < -0.3 is 9.84 Å². The van der Waals surface area contributed by atoms with Gasteiger partial charge in [0.05, 0.1) is 16.7 Å². The van der Waals surface area contributed by atoms with Crippen molar-refractivity contribution >= 4 is 40.4 Å². The summed E-state index contributed by atoms with van der Waals surface area (Å²) in [5.41, 5.74) is 3.91. The summed E-state index contributed by atoms with van der Waals surface area (Å²) in [7, 11) is 0. The first-order valence-electron chi connectivity index (χ1n) is 7.47. The van der Waals surface area contributed by atoms with Gasteiger partial charge >= 0.3 is 0 Å². The van der Waals surface area contributed by atoms with Crippen molar-refractivity contribution in [1.82, 2.24) is 5.43 Å². The van der Waals surface area contributed by atoms with Gasteiger partial charge in [-0.05, 0) is 71.8 Å². The maximum Gasteiger partial charge on any atom is 0.278 e. The lowest BCUT2D eigenvalue weighted by Gasteiger charge is -2.11. The number of nitro groups is 1. The smallest absolute Gasteiger partial charge is 0.278 e. The van der Waals surface area contributed by atoms with Gasteiger partial charge in [0.25, 0.3) is 11.6 Å².